The van der Waals surface area contributed by atoms with E-state index in [2.05, 4.69) is 10.6 Å². The van der Waals surface area contributed by atoms with Gasteiger partial charge in [0.05, 0.1) is 12.8 Å². The molecule has 0 saturated carbocycles. The summed E-state index contributed by atoms with van der Waals surface area (Å²) in [6.45, 7) is 1.02. The molecule has 0 spiro atoms. The van der Waals surface area contributed by atoms with E-state index in [4.69, 9.17) is 4.74 Å². The normalized spacial score (nSPS) is 19.0. The number of rotatable bonds is 4. The molecular formula is C13H18N2O2. The van der Waals surface area contributed by atoms with E-state index in [9.17, 15) is 4.79 Å². The van der Waals surface area contributed by atoms with E-state index in [1.165, 1.54) is 0 Å². The summed E-state index contributed by atoms with van der Waals surface area (Å²) in [6.07, 6.45) is 2.77. The van der Waals surface area contributed by atoms with E-state index < -0.39 is 0 Å². The number of hydrogen-bond donors (Lipinski definition) is 2. The van der Waals surface area contributed by atoms with Crippen molar-refractivity contribution in [2.24, 2.45) is 0 Å². The third kappa shape index (κ3) is 3.20. The Morgan fingerprint density at radius 3 is 3.06 bits per heavy atom. The zero-order valence-corrected chi connectivity index (χ0v) is 10.0. The van der Waals surface area contributed by atoms with Gasteiger partial charge >= 0.3 is 0 Å². The van der Waals surface area contributed by atoms with Gasteiger partial charge in [0.2, 0.25) is 5.91 Å². The smallest absolute Gasteiger partial charge is 0.226 e. The third-order valence-corrected chi connectivity index (χ3v) is 2.98. The molecular weight excluding hydrogens is 216 g/mol. The molecule has 1 saturated heterocycles. The Labute approximate surface area is 101 Å². The van der Waals surface area contributed by atoms with Gasteiger partial charge in [-0.15, -0.1) is 0 Å². The van der Waals surface area contributed by atoms with Gasteiger partial charge in [-0.1, -0.05) is 12.1 Å². The molecule has 1 aliphatic heterocycles. The van der Waals surface area contributed by atoms with Crippen LogP contribution < -0.4 is 15.4 Å². The second-order valence-electron chi connectivity index (χ2n) is 4.25. The van der Waals surface area contributed by atoms with E-state index >= 15 is 0 Å². The minimum absolute atomic E-state index is 0.0360. The molecule has 1 atom stereocenters. The highest BCUT2D eigenvalue weighted by atomic mass is 16.5. The SMILES string of the molecule is COc1ccccc1NC(=O)CC1CCCN1. The number of ether oxygens (including phenoxy) is 1. The second kappa shape index (κ2) is 5.68. The monoisotopic (exact) mass is 234 g/mol. The van der Waals surface area contributed by atoms with Crippen LogP contribution in [0.1, 0.15) is 19.3 Å². The maximum Gasteiger partial charge on any atom is 0.226 e. The lowest BCUT2D eigenvalue weighted by Gasteiger charge is -2.12. The molecule has 0 radical (unpaired) electrons. The fourth-order valence-corrected chi connectivity index (χ4v) is 2.10. The molecule has 4 heteroatoms. The molecule has 0 aliphatic carbocycles. The third-order valence-electron chi connectivity index (χ3n) is 2.98. The van der Waals surface area contributed by atoms with Gasteiger partial charge in [-0.3, -0.25) is 4.79 Å². The molecule has 4 nitrogen and oxygen atoms in total. The van der Waals surface area contributed by atoms with Crippen LogP contribution in [-0.4, -0.2) is 25.6 Å². The van der Waals surface area contributed by atoms with Crippen molar-refractivity contribution in [2.45, 2.75) is 25.3 Å². The van der Waals surface area contributed by atoms with Crippen LogP contribution in [0.3, 0.4) is 0 Å². The molecule has 2 rings (SSSR count). The van der Waals surface area contributed by atoms with Crippen molar-refractivity contribution in [3.05, 3.63) is 24.3 Å². The number of amides is 1. The van der Waals surface area contributed by atoms with Crippen LogP contribution in [0.5, 0.6) is 5.75 Å². The first-order chi connectivity index (χ1) is 8.29. The van der Waals surface area contributed by atoms with Gasteiger partial charge in [0.15, 0.2) is 0 Å². The molecule has 1 heterocycles. The molecule has 1 amide bonds. The summed E-state index contributed by atoms with van der Waals surface area (Å²) in [5.41, 5.74) is 0.734. The average molecular weight is 234 g/mol. The minimum atomic E-state index is 0.0360. The largest absolute Gasteiger partial charge is 0.495 e. The molecule has 1 fully saturated rings. The molecule has 0 bridgehead atoms. The molecule has 1 aromatic carbocycles. The summed E-state index contributed by atoms with van der Waals surface area (Å²) < 4.78 is 5.19. The summed E-state index contributed by atoms with van der Waals surface area (Å²) >= 11 is 0. The Balaban J connectivity index is 1.92. The lowest BCUT2D eigenvalue weighted by atomic mass is 10.1. The molecule has 1 aromatic rings. The topological polar surface area (TPSA) is 50.4 Å². The van der Waals surface area contributed by atoms with Crippen LogP contribution in [0.2, 0.25) is 0 Å². The zero-order chi connectivity index (χ0) is 12.1. The van der Waals surface area contributed by atoms with Crippen LogP contribution >= 0.6 is 0 Å². The zero-order valence-electron chi connectivity index (χ0n) is 10.0. The number of anilines is 1. The highest BCUT2D eigenvalue weighted by molar-refractivity contribution is 5.92. The Kier molecular flexibility index (Phi) is 3.98. The van der Waals surface area contributed by atoms with Crippen molar-refractivity contribution >= 4 is 11.6 Å². The molecule has 17 heavy (non-hydrogen) atoms. The standard InChI is InChI=1S/C13H18N2O2/c1-17-12-7-3-2-6-11(12)15-13(16)9-10-5-4-8-14-10/h2-3,6-7,10,14H,4-5,8-9H2,1H3,(H,15,16). The van der Waals surface area contributed by atoms with E-state index in [-0.39, 0.29) is 5.91 Å². The van der Waals surface area contributed by atoms with Crippen molar-refractivity contribution in [3.8, 4) is 5.75 Å². The van der Waals surface area contributed by atoms with Gasteiger partial charge in [0.1, 0.15) is 5.75 Å². The van der Waals surface area contributed by atoms with Crippen LogP contribution in [0.4, 0.5) is 5.69 Å². The quantitative estimate of drug-likeness (QED) is 0.835. The van der Waals surface area contributed by atoms with Gasteiger partial charge in [0.25, 0.3) is 0 Å². The fraction of sp³-hybridized carbons (Fsp3) is 0.462. The molecule has 0 aromatic heterocycles. The maximum atomic E-state index is 11.8. The van der Waals surface area contributed by atoms with Gasteiger partial charge < -0.3 is 15.4 Å². The number of nitrogens with one attached hydrogen (secondary N) is 2. The summed E-state index contributed by atoms with van der Waals surface area (Å²) in [5.74, 6) is 0.731. The van der Waals surface area contributed by atoms with Crippen molar-refractivity contribution < 1.29 is 9.53 Å². The number of carbonyl (C=O) groups is 1. The maximum absolute atomic E-state index is 11.8. The first-order valence-electron chi connectivity index (χ1n) is 5.96. The highest BCUT2D eigenvalue weighted by Crippen LogP contribution is 2.23. The van der Waals surface area contributed by atoms with E-state index in [1.54, 1.807) is 7.11 Å². The predicted octanol–water partition coefficient (Wildman–Crippen LogP) is 1.78. The first kappa shape index (κ1) is 11.9. The highest BCUT2D eigenvalue weighted by Gasteiger charge is 2.18. The Bertz CT molecular complexity index is 387. The number of para-hydroxylation sites is 2. The first-order valence-corrected chi connectivity index (χ1v) is 5.96. The van der Waals surface area contributed by atoms with Crippen molar-refractivity contribution in [1.29, 1.82) is 0 Å². The van der Waals surface area contributed by atoms with Gasteiger partial charge in [-0.05, 0) is 31.5 Å². The summed E-state index contributed by atoms with van der Waals surface area (Å²) in [4.78, 5) is 11.8. The lowest BCUT2D eigenvalue weighted by molar-refractivity contribution is -0.116. The average Bonchev–Trinajstić information content (AvgIpc) is 2.82. The predicted molar refractivity (Wildman–Crippen MR) is 67.3 cm³/mol. The second-order valence-corrected chi connectivity index (χ2v) is 4.25. The number of carbonyl (C=O) groups excluding carboxylic acids is 1. The van der Waals surface area contributed by atoms with E-state index in [0.29, 0.717) is 18.2 Å². The molecule has 1 unspecified atom stereocenters. The lowest BCUT2D eigenvalue weighted by Crippen LogP contribution is -2.27. The van der Waals surface area contributed by atoms with E-state index in [0.717, 1.165) is 25.1 Å². The van der Waals surface area contributed by atoms with Gasteiger partial charge in [-0.25, -0.2) is 0 Å². The van der Waals surface area contributed by atoms with Crippen LogP contribution in [0.15, 0.2) is 24.3 Å². The Morgan fingerprint density at radius 1 is 1.53 bits per heavy atom. The molecule has 92 valence electrons. The number of methoxy groups -OCH3 is 1. The van der Waals surface area contributed by atoms with Crippen LogP contribution in [0.25, 0.3) is 0 Å². The van der Waals surface area contributed by atoms with Gasteiger partial charge in [0, 0.05) is 12.5 Å². The summed E-state index contributed by atoms with van der Waals surface area (Å²) in [5, 5.41) is 6.19. The Morgan fingerprint density at radius 2 is 2.35 bits per heavy atom. The number of benzene rings is 1. The van der Waals surface area contributed by atoms with E-state index in [1.807, 2.05) is 24.3 Å². The van der Waals surface area contributed by atoms with Crippen molar-refractivity contribution in [3.63, 3.8) is 0 Å². The van der Waals surface area contributed by atoms with Crippen molar-refractivity contribution in [2.75, 3.05) is 19.0 Å². The van der Waals surface area contributed by atoms with Crippen molar-refractivity contribution in [1.82, 2.24) is 5.32 Å². The fourth-order valence-electron chi connectivity index (χ4n) is 2.10. The Hall–Kier alpha value is -1.55. The molecule has 2 N–H and O–H groups in total. The summed E-state index contributed by atoms with van der Waals surface area (Å²) in [6, 6.07) is 7.77. The van der Waals surface area contributed by atoms with Crippen LogP contribution in [-0.2, 0) is 4.79 Å². The minimum Gasteiger partial charge on any atom is -0.495 e. The number of hydrogen-bond acceptors (Lipinski definition) is 3. The van der Waals surface area contributed by atoms with Crippen LogP contribution in [0, 0.1) is 0 Å². The van der Waals surface area contributed by atoms with Gasteiger partial charge in [-0.2, -0.15) is 0 Å². The molecule has 1 aliphatic rings. The summed E-state index contributed by atoms with van der Waals surface area (Å²) in [7, 11) is 1.60.